The van der Waals surface area contributed by atoms with E-state index in [1.807, 2.05) is 0 Å². The minimum absolute atomic E-state index is 0.156. The smallest absolute Gasteiger partial charge is 0.374 e. The summed E-state index contributed by atoms with van der Waals surface area (Å²) in [7, 11) is -6.05. The van der Waals surface area contributed by atoms with Crippen molar-refractivity contribution in [2.45, 2.75) is 19.4 Å². The highest BCUT2D eigenvalue weighted by molar-refractivity contribution is 7.88. The number of rotatable bonds is 3. The van der Waals surface area contributed by atoms with Crippen LogP contribution in [0.25, 0.3) is 5.69 Å². The summed E-state index contributed by atoms with van der Waals surface area (Å²) < 4.78 is 78.4. The zero-order chi connectivity index (χ0) is 20.0. The fraction of sp³-hybridized carbons (Fsp3) is 0.231. The van der Waals surface area contributed by atoms with E-state index in [1.54, 1.807) is 0 Å². The SMILES string of the molecule is Cc1cnc(Cl)c(F)c1-n1c(C)cc(OS(=O)(=O)C(F)(F)F)c(Cl)c1=O. The summed E-state index contributed by atoms with van der Waals surface area (Å²) in [6.45, 7) is 2.61. The number of hydrogen-bond acceptors (Lipinski definition) is 5. The molecule has 0 aliphatic carbocycles. The molecule has 0 unspecified atom stereocenters. The Balaban J connectivity index is 2.72. The molecule has 6 nitrogen and oxygen atoms in total. The van der Waals surface area contributed by atoms with Gasteiger partial charge in [-0.25, -0.2) is 9.37 Å². The topological polar surface area (TPSA) is 78.3 Å². The van der Waals surface area contributed by atoms with Crippen molar-refractivity contribution < 1.29 is 30.2 Å². The Kier molecular flexibility index (Phi) is 5.28. The first-order chi connectivity index (χ1) is 11.8. The highest BCUT2D eigenvalue weighted by Gasteiger charge is 2.49. The third-order valence-corrected chi connectivity index (χ3v) is 4.72. The number of alkyl halides is 3. The molecule has 0 bridgehead atoms. The van der Waals surface area contributed by atoms with Crippen molar-refractivity contribution in [1.29, 1.82) is 0 Å². The second-order valence-electron chi connectivity index (χ2n) is 4.98. The Morgan fingerprint density at radius 3 is 2.35 bits per heavy atom. The van der Waals surface area contributed by atoms with Crippen molar-refractivity contribution in [3.63, 3.8) is 0 Å². The molecule has 2 heterocycles. The standard InChI is InChI=1S/C13H8Cl2F4N2O4S/c1-5-4-20-11(15)9(16)10(5)21-6(2)3-7(8(14)12(21)22)25-26(23,24)13(17,18)19/h3-4H,1-2H3. The van der Waals surface area contributed by atoms with E-state index >= 15 is 0 Å². The van der Waals surface area contributed by atoms with Crippen LogP contribution >= 0.6 is 23.2 Å². The molecule has 0 radical (unpaired) electrons. The number of pyridine rings is 2. The molecular weight excluding hydrogens is 427 g/mol. The predicted octanol–water partition coefficient (Wildman–Crippen LogP) is 3.52. The lowest BCUT2D eigenvalue weighted by atomic mass is 10.2. The summed E-state index contributed by atoms with van der Waals surface area (Å²) in [5.41, 5.74) is -7.25. The van der Waals surface area contributed by atoms with E-state index in [0.29, 0.717) is 4.57 Å². The summed E-state index contributed by atoms with van der Waals surface area (Å²) in [4.78, 5) is 16.0. The molecule has 0 aliphatic rings. The number of halogens is 6. The molecule has 0 atom stereocenters. The van der Waals surface area contributed by atoms with Crippen molar-refractivity contribution in [2.24, 2.45) is 0 Å². The Hall–Kier alpha value is -1.85. The summed E-state index contributed by atoms with van der Waals surface area (Å²) >= 11 is 11.2. The van der Waals surface area contributed by atoms with Gasteiger partial charge in [-0.3, -0.25) is 9.36 Å². The summed E-state index contributed by atoms with van der Waals surface area (Å²) in [5.74, 6) is -2.11. The Morgan fingerprint density at radius 2 is 1.81 bits per heavy atom. The van der Waals surface area contributed by atoms with Crippen LogP contribution in [0, 0.1) is 19.7 Å². The van der Waals surface area contributed by atoms with Crippen molar-refractivity contribution in [1.82, 2.24) is 9.55 Å². The van der Waals surface area contributed by atoms with Gasteiger partial charge in [0.05, 0.1) is 5.69 Å². The minimum Gasteiger partial charge on any atom is -0.374 e. The largest absolute Gasteiger partial charge is 0.534 e. The maximum absolute atomic E-state index is 14.3. The lowest BCUT2D eigenvalue weighted by molar-refractivity contribution is -0.0500. The molecule has 13 heteroatoms. The number of aryl methyl sites for hydroxylation is 2. The van der Waals surface area contributed by atoms with Gasteiger partial charge in [0.1, 0.15) is 5.02 Å². The number of nitrogens with zero attached hydrogens (tertiary/aromatic N) is 2. The third-order valence-electron chi connectivity index (χ3n) is 3.14. The zero-order valence-corrected chi connectivity index (χ0v) is 15.2. The molecule has 0 saturated carbocycles. The quantitative estimate of drug-likeness (QED) is 0.319. The fourth-order valence-electron chi connectivity index (χ4n) is 2.00. The fourth-order valence-corrected chi connectivity index (χ4v) is 2.83. The molecule has 2 rings (SSSR count). The van der Waals surface area contributed by atoms with Crippen molar-refractivity contribution in [3.8, 4) is 11.4 Å². The van der Waals surface area contributed by atoms with E-state index in [4.69, 9.17) is 23.2 Å². The van der Waals surface area contributed by atoms with Crippen LogP contribution in [0.3, 0.4) is 0 Å². The first kappa shape index (κ1) is 20.5. The van der Waals surface area contributed by atoms with Crippen LogP contribution in [-0.2, 0) is 10.1 Å². The minimum atomic E-state index is -6.05. The molecule has 0 aliphatic heterocycles. The maximum Gasteiger partial charge on any atom is 0.534 e. The molecule has 0 aromatic carbocycles. The molecule has 2 aromatic rings. The van der Waals surface area contributed by atoms with Crippen LogP contribution in [0.15, 0.2) is 17.1 Å². The Bertz CT molecular complexity index is 1050. The van der Waals surface area contributed by atoms with Crippen LogP contribution < -0.4 is 9.74 Å². The third kappa shape index (κ3) is 3.51. The second kappa shape index (κ2) is 6.71. The molecule has 26 heavy (non-hydrogen) atoms. The van der Waals surface area contributed by atoms with Gasteiger partial charge in [0.25, 0.3) is 5.56 Å². The van der Waals surface area contributed by atoms with Gasteiger partial charge >= 0.3 is 15.6 Å². The van der Waals surface area contributed by atoms with E-state index < -0.39 is 42.9 Å². The van der Waals surface area contributed by atoms with Gasteiger partial charge < -0.3 is 4.18 Å². The van der Waals surface area contributed by atoms with Crippen molar-refractivity contribution in [2.75, 3.05) is 0 Å². The molecule has 2 aromatic heterocycles. The second-order valence-corrected chi connectivity index (χ2v) is 7.26. The Labute approximate surface area is 154 Å². The van der Waals surface area contributed by atoms with E-state index in [-0.39, 0.29) is 16.9 Å². The van der Waals surface area contributed by atoms with Gasteiger partial charge in [-0.2, -0.15) is 21.6 Å². The maximum atomic E-state index is 14.3. The molecule has 0 N–H and O–H groups in total. The van der Waals surface area contributed by atoms with E-state index in [2.05, 4.69) is 9.17 Å². The van der Waals surface area contributed by atoms with Crippen molar-refractivity contribution >= 4 is 33.3 Å². The van der Waals surface area contributed by atoms with Crippen LogP contribution in [-0.4, -0.2) is 23.5 Å². The average molecular weight is 435 g/mol. The van der Waals surface area contributed by atoms with Crippen molar-refractivity contribution in [3.05, 3.63) is 49.9 Å². The van der Waals surface area contributed by atoms with Crippen LogP contribution in [0.2, 0.25) is 10.2 Å². The highest BCUT2D eigenvalue weighted by atomic mass is 35.5. The molecule has 0 saturated heterocycles. The lowest BCUT2D eigenvalue weighted by Crippen LogP contribution is -2.30. The zero-order valence-electron chi connectivity index (χ0n) is 12.9. The van der Waals surface area contributed by atoms with Gasteiger partial charge in [0.2, 0.25) is 0 Å². The van der Waals surface area contributed by atoms with Gasteiger partial charge in [0.15, 0.2) is 16.7 Å². The van der Waals surface area contributed by atoms with Gasteiger partial charge in [-0.15, -0.1) is 0 Å². The number of aromatic nitrogens is 2. The van der Waals surface area contributed by atoms with Gasteiger partial charge in [-0.05, 0) is 19.4 Å². The summed E-state index contributed by atoms with van der Waals surface area (Å²) in [6, 6.07) is 0.750. The van der Waals surface area contributed by atoms with Crippen LogP contribution in [0.5, 0.6) is 5.75 Å². The molecular formula is C13H8Cl2F4N2O4S. The molecule has 0 spiro atoms. The first-order valence-electron chi connectivity index (χ1n) is 6.51. The molecule has 142 valence electrons. The van der Waals surface area contributed by atoms with E-state index in [0.717, 1.165) is 6.07 Å². The average Bonchev–Trinajstić information content (AvgIpc) is 2.50. The highest BCUT2D eigenvalue weighted by Crippen LogP contribution is 2.32. The van der Waals surface area contributed by atoms with E-state index in [1.165, 1.54) is 20.0 Å². The normalized spacial score (nSPS) is 12.3. The monoisotopic (exact) mass is 434 g/mol. The molecule has 0 amide bonds. The van der Waals surface area contributed by atoms with Crippen LogP contribution in [0.1, 0.15) is 11.3 Å². The van der Waals surface area contributed by atoms with E-state index in [9.17, 15) is 30.8 Å². The van der Waals surface area contributed by atoms with Crippen LogP contribution in [0.4, 0.5) is 17.6 Å². The predicted molar refractivity (Wildman–Crippen MR) is 84.9 cm³/mol. The Morgan fingerprint density at radius 1 is 1.23 bits per heavy atom. The molecule has 0 fully saturated rings. The summed E-state index contributed by atoms with van der Waals surface area (Å²) in [6.07, 6.45) is 1.17. The van der Waals surface area contributed by atoms with Gasteiger partial charge in [0, 0.05) is 18.0 Å². The lowest BCUT2D eigenvalue weighted by Gasteiger charge is -2.17. The first-order valence-corrected chi connectivity index (χ1v) is 8.68. The summed E-state index contributed by atoms with van der Waals surface area (Å²) in [5, 5.41) is -1.54. The van der Waals surface area contributed by atoms with Gasteiger partial charge in [-0.1, -0.05) is 23.2 Å². The number of hydrogen-bond donors (Lipinski definition) is 0.